The number of hydrogen-bond acceptors (Lipinski definition) is 3. The number of rotatable bonds is 9. The smallest absolute Gasteiger partial charge is 0.228 e. The number of anilines is 1. The number of benzene rings is 1. The molecule has 6 nitrogen and oxygen atoms in total. The molecule has 6 heteroatoms. The zero-order valence-electron chi connectivity index (χ0n) is 19.9. The SMILES string of the molecule is CCCCC(CC)CNC(=O)C1CCN(C(=O)C2CC(=O)N(c3ccc(C)cc3)C2)CC1. The van der Waals surface area contributed by atoms with E-state index in [0.717, 1.165) is 24.2 Å². The van der Waals surface area contributed by atoms with Crippen molar-refractivity contribution in [2.45, 2.75) is 65.7 Å². The average Bonchev–Trinajstić information content (AvgIpc) is 3.20. The van der Waals surface area contributed by atoms with Crippen molar-refractivity contribution in [2.24, 2.45) is 17.8 Å². The van der Waals surface area contributed by atoms with Crippen LogP contribution < -0.4 is 10.2 Å². The fourth-order valence-corrected chi connectivity index (χ4v) is 4.80. The predicted octanol–water partition coefficient (Wildman–Crippen LogP) is 3.92. The van der Waals surface area contributed by atoms with Crippen LogP contribution in [0.3, 0.4) is 0 Å². The van der Waals surface area contributed by atoms with Gasteiger partial charge in [-0.25, -0.2) is 0 Å². The van der Waals surface area contributed by atoms with Crippen LogP contribution >= 0.6 is 0 Å². The third-order valence-corrected chi connectivity index (χ3v) is 7.11. The summed E-state index contributed by atoms with van der Waals surface area (Å²) < 4.78 is 0. The Balaban J connectivity index is 1.45. The van der Waals surface area contributed by atoms with E-state index in [0.29, 0.717) is 38.4 Å². The molecule has 0 saturated carbocycles. The lowest BCUT2D eigenvalue weighted by atomic mass is 9.93. The van der Waals surface area contributed by atoms with Crippen molar-refractivity contribution in [3.8, 4) is 0 Å². The number of hydrogen-bond donors (Lipinski definition) is 1. The lowest BCUT2D eigenvalue weighted by Gasteiger charge is -2.33. The number of likely N-dealkylation sites (tertiary alicyclic amines) is 1. The van der Waals surface area contributed by atoms with Crippen LogP contribution in [0.2, 0.25) is 0 Å². The topological polar surface area (TPSA) is 69.7 Å². The predicted molar refractivity (Wildman–Crippen MR) is 127 cm³/mol. The van der Waals surface area contributed by atoms with Crippen LogP contribution in [-0.2, 0) is 14.4 Å². The monoisotopic (exact) mass is 441 g/mol. The number of unbranched alkanes of at least 4 members (excludes halogenated alkanes) is 1. The number of amides is 3. The zero-order chi connectivity index (χ0) is 23.1. The van der Waals surface area contributed by atoms with Gasteiger partial charge in [-0.1, -0.05) is 50.8 Å². The summed E-state index contributed by atoms with van der Waals surface area (Å²) >= 11 is 0. The lowest BCUT2D eigenvalue weighted by Crippen LogP contribution is -2.46. The van der Waals surface area contributed by atoms with Gasteiger partial charge in [0.1, 0.15) is 0 Å². The maximum atomic E-state index is 13.1. The molecule has 0 spiro atoms. The normalized spacial score (nSPS) is 20.5. The summed E-state index contributed by atoms with van der Waals surface area (Å²) in [6.07, 6.45) is 6.32. The van der Waals surface area contributed by atoms with Crippen molar-refractivity contribution in [3.05, 3.63) is 29.8 Å². The number of piperidine rings is 1. The van der Waals surface area contributed by atoms with Crippen LogP contribution in [0.5, 0.6) is 0 Å². The minimum absolute atomic E-state index is 0.00928. The maximum Gasteiger partial charge on any atom is 0.228 e. The van der Waals surface area contributed by atoms with Crippen molar-refractivity contribution in [3.63, 3.8) is 0 Å². The van der Waals surface area contributed by atoms with Crippen LogP contribution in [-0.4, -0.2) is 48.8 Å². The lowest BCUT2D eigenvalue weighted by molar-refractivity contribution is -0.139. The summed E-state index contributed by atoms with van der Waals surface area (Å²) in [7, 11) is 0. The second-order valence-electron chi connectivity index (χ2n) is 9.50. The van der Waals surface area contributed by atoms with Gasteiger partial charge < -0.3 is 15.1 Å². The molecule has 2 saturated heterocycles. The van der Waals surface area contributed by atoms with Crippen LogP contribution in [0.15, 0.2) is 24.3 Å². The first kappa shape index (κ1) is 24.3. The zero-order valence-corrected chi connectivity index (χ0v) is 19.9. The van der Waals surface area contributed by atoms with Crippen molar-refractivity contribution in [1.82, 2.24) is 10.2 Å². The van der Waals surface area contributed by atoms with Gasteiger partial charge in [0.25, 0.3) is 0 Å². The van der Waals surface area contributed by atoms with Gasteiger partial charge in [0.15, 0.2) is 0 Å². The Morgan fingerprint density at radius 1 is 1.09 bits per heavy atom. The molecule has 0 aromatic heterocycles. The van der Waals surface area contributed by atoms with E-state index in [-0.39, 0.29) is 36.0 Å². The molecule has 32 heavy (non-hydrogen) atoms. The highest BCUT2D eigenvalue weighted by molar-refractivity contribution is 6.00. The van der Waals surface area contributed by atoms with E-state index in [2.05, 4.69) is 19.2 Å². The highest BCUT2D eigenvalue weighted by Crippen LogP contribution is 2.28. The highest BCUT2D eigenvalue weighted by Gasteiger charge is 2.38. The van der Waals surface area contributed by atoms with Gasteiger partial charge >= 0.3 is 0 Å². The molecule has 2 heterocycles. The van der Waals surface area contributed by atoms with Gasteiger partial charge in [0, 0.05) is 44.2 Å². The van der Waals surface area contributed by atoms with Gasteiger partial charge in [-0.05, 0) is 44.2 Å². The molecule has 2 unspecified atom stereocenters. The van der Waals surface area contributed by atoms with Gasteiger partial charge in [0.2, 0.25) is 17.7 Å². The van der Waals surface area contributed by atoms with Crippen LogP contribution in [0.25, 0.3) is 0 Å². The molecule has 2 aliphatic rings. The van der Waals surface area contributed by atoms with E-state index in [1.807, 2.05) is 36.1 Å². The summed E-state index contributed by atoms with van der Waals surface area (Å²) in [5, 5.41) is 3.15. The molecule has 2 atom stereocenters. The second-order valence-corrected chi connectivity index (χ2v) is 9.50. The first-order valence-corrected chi connectivity index (χ1v) is 12.4. The second kappa shape index (κ2) is 11.5. The average molecular weight is 442 g/mol. The molecule has 1 N–H and O–H groups in total. The molecule has 3 rings (SSSR count). The summed E-state index contributed by atoms with van der Waals surface area (Å²) in [6.45, 7) is 8.79. The fourth-order valence-electron chi connectivity index (χ4n) is 4.80. The third-order valence-electron chi connectivity index (χ3n) is 7.11. The van der Waals surface area contributed by atoms with E-state index in [1.165, 1.54) is 19.3 Å². The van der Waals surface area contributed by atoms with Gasteiger partial charge in [-0.2, -0.15) is 0 Å². The number of carbonyl (C=O) groups excluding carboxylic acids is 3. The number of carbonyl (C=O) groups is 3. The Hall–Kier alpha value is -2.37. The maximum absolute atomic E-state index is 13.1. The Bertz CT molecular complexity index is 784. The molecule has 176 valence electrons. The number of aryl methyl sites for hydroxylation is 1. The van der Waals surface area contributed by atoms with Crippen molar-refractivity contribution < 1.29 is 14.4 Å². The first-order chi connectivity index (χ1) is 15.4. The van der Waals surface area contributed by atoms with E-state index >= 15 is 0 Å². The first-order valence-electron chi connectivity index (χ1n) is 12.4. The Morgan fingerprint density at radius 3 is 2.41 bits per heavy atom. The summed E-state index contributed by atoms with van der Waals surface area (Å²) in [4.78, 5) is 41.8. The van der Waals surface area contributed by atoms with Gasteiger partial charge in [0.05, 0.1) is 5.92 Å². The van der Waals surface area contributed by atoms with E-state index in [1.54, 1.807) is 4.90 Å². The van der Waals surface area contributed by atoms with E-state index in [9.17, 15) is 14.4 Å². The summed E-state index contributed by atoms with van der Waals surface area (Å²) in [6, 6.07) is 7.85. The van der Waals surface area contributed by atoms with Crippen molar-refractivity contribution in [1.29, 1.82) is 0 Å². The molecule has 0 radical (unpaired) electrons. The Morgan fingerprint density at radius 2 is 1.78 bits per heavy atom. The molecule has 2 fully saturated rings. The highest BCUT2D eigenvalue weighted by atomic mass is 16.2. The number of nitrogens with one attached hydrogen (secondary N) is 1. The summed E-state index contributed by atoms with van der Waals surface area (Å²) in [5.74, 6) is 0.438. The van der Waals surface area contributed by atoms with Crippen LogP contribution in [0, 0.1) is 24.7 Å². The van der Waals surface area contributed by atoms with Crippen LogP contribution in [0.4, 0.5) is 5.69 Å². The molecular formula is C26H39N3O3. The van der Waals surface area contributed by atoms with Gasteiger partial charge in [-0.3, -0.25) is 14.4 Å². The standard InChI is InChI=1S/C26H39N3O3/c1-4-6-7-20(5-2)17-27-25(31)21-12-14-28(15-13-21)26(32)22-16-24(30)29(18-22)23-10-8-19(3)9-11-23/h8-11,20-22H,4-7,12-18H2,1-3H3,(H,27,31). The molecule has 2 aliphatic heterocycles. The third kappa shape index (κ3) is 6.11. The number of nitrogens with zero attached hydrogens (tertiary/aromatic N) is 2. The molecular weight excluding hydrogens is 402 g/mol. The Kier molecular flexibility index (Phi) is 8.71. The Labute approximate surface area is 192 Å². The van der Waals surface area contributed by atoms with E-state index < -0.39 is 0 Å². The molecule has 1 aromatic rings. The minimum Gasteiger partial charge on any atom is -0.356 e. The summed E-state index contributed by atoms with van der Waals surface area (Å²) in [5.41, 5.74) is 2.00. The fraction of sp³-hybridized carbons (Fsp3) is 0.654. The minimum atomic E-state index is -0.293. The molecule has 3 amide bonds. The van der Waals surface area contributed by atoms with E-state index in [4.69, 9.17) is 0 Å². The van der Waals surface area contributed by atoms with Crippen molar-refractivity contribution in [2.75, 3.05) is 31.1 Å². The quantitative estimate of drug-likeness (QED) is 0.631. The van der Waals surface area contributed by atoms with Crippen molar-refractivity contribution >= 4 is 23.4 Å². The molecule has 1 aromatic carbocycles. The van der Waals surface area contributed by atoms with Gasteiger partial charge in [-0.15, -0.1) is 0 Å². The van der Waals surface area contributed by atoms with Crippen LogP contribution in [0.1, 0.15) is 64.4 Å². The molecule has 0 aliphatic carbocycles. The molecule has 0 bridgehead atoms. The largest absolute Gasteiger partial charge is 0.356 e.